The molecule has 0 aromatic heterocycles. The van der Waals surface area contributed by atoms with E-state index >= 15 is 0 Å². The molecule has 0 radical (unpaired) electrons. The lowest BCUT2D eigenvalue weighted by molar-refractivity contribution is -0.0209. The van der Waals surface area contributed by atoms with Crippen molar-refractivity contribution < 1.29 is 14.6 Å². The Kier molecular flexibility index (Phi) is 4.12. The van der Waals surface area contributed by atoms with Gasteiger partial charge in [-0.25, -0.2) is 0 Å². The van der Waals surface area contributed by atoms with Gasteiger partial charge in [0.25, 0.3) is 0 Å². The van der Waals surface area contributed by atoms with E-state index in [9.17, 15) is 5.11 Å². The molecule has 0 heterocycles. The molecule has 84 valence electrons. The van der Waals surface area contributed by atoms with E-state index in [4.69, 9.17) is 9.47 Å². The second-order valence-corrected chi connectivity index (χ2v) is 3.67. The summed E-state index contributed by atoms with van der Waals surface area (Å²) < 4.78 is 10.3. The van der Waals surface area contributed by atoms with Crippen molar-refractivity contribution in [3.05, 3.63) is 29.8 Å². The van der Waals surface area contributed by atoms with Gasteiger partial charge in [0, 0.05) is 7.11 Å². The molecule has 0 saturated heterocycles. The van der Waals surface area contributed by atoms with Crippen molar-refractivity contribution in [2.24, 2.45) is 0 Å². The van der Waals surface area contributed by atoms with Crippen molar-refractivity contribution in [3.8, 4) is 5.75 Å². The van der Waals surface area contributed by atoms with E-state index in [2.05, 4.69) is 0 Å². The Labute approximate surface area is 90.6 Å². The minimum atomic E-state index is -0.970. The highest BCUT2D eigenvalue weighted by atomic mass is 16.5. The van der Waals surface area contributed by atoms with E-state index < -0.39 is 5.60 Å². The van der Waals surface area contributed by atoms with Crippen molar-refractivity contribution in [1.29, 1.82) is 0 Å². The van der Waals surface area contributed by atoms with Crippen LogP contribution in [0.2, 0.25) is 0 Å². The van der Waals surface area contributed by atoms with Crippen LogP contribution in [-0.4, -0.2) is 25.4 Å². The summed E-state index contributed by atoms with van der Waals surface area (Å²) in [7, 11) is 1.57. The lowest BCUT2D eigenvalue weighted by Gasteiger charge is -2.23. The highest BCUT2D eigenvalue weighted by Crippen LogP contribution is 2.24. The zero-order valence-electron chi connectivity index (χ0n) is 9.49. The Bertz CT molecular complexity index is 307. The summed E-state index contributed by atoms with van der Waals surface area (Å²) in [5.74, 6) is 0.770. The normalized spacial score (nSPS) is 14.7. The standard InChI is InChI=1S/C12H18O3/c1-4-15-11-7-5-6-10(8-11)12(2,13)9-14-3/h5-8,13H,4,9H2,1-3H3. The van der Waals surface area contributed by atoms with Crippen LogP contribution < -0.4 is 4.74 Å². The predicted octanol–water partition coefficient (Wildman–Crippen LogP) is 1.94. The van der Waals surface area contributed by atoms with Crippen LogP contribution in [0.1, 0.15) is 19.4 Å². The molecular weight excluding hydrogens is 192 g/mol. The van der Waals surface area contributed by atoms with E-state index in [1.807, 2.05) is 31.2 Å². The number of ether oxygens (including phenoxy) is 2. The van der Waals surface area contributed by atoms with Gasteiger partial charge in [-0.2, -0.15) is 0 Å². The summed E-state index contributed by atoms with van der Waals surface area (Å²) in [6.45, 7) is 4.54. The third-order valence-corrected chi connectivity index (χ3v) is 2.19. The number of hydrogen-bond acceptors (Lipinski definition) is 3. The van der Waals surface area contributed by atoms with Gasteiger partial charge in [0.15, 0.2) is 0 Å². The van der Waals surface area contributed by atoms with Crippen LogP contribution in [0.3, 0.4) is 0 Å². The first-order valence-electron chi connectivity index (χ1n) is 5.05. The van der Waals surface area contributed by atoms with Crippen LogP contribution in [0.4, 0.5) is 0 Å². The number of rotatable bonds is 5. The van der Waals surface area contributed by atoms with Gasteiger partial charge in [0.1, 0.15) is 11.4 Å². The second-order valence-electron chi connectivity index (χ2n) is 3.67. The molecule has 0 amide bonds. The SMILES string of the molecule is CCOc1cccc(C(C)(O)COC)c1. The summed E-state index contributed by atoms with van der Waals surface area (Å²) in [4.78, 5) is 0. The van der Waals surface area contributed by atoms with Crippen LogP contribution in [0.25, 0.3) is 0 Å². The Morgan fingerprint density at radius 1 is 1.40 bits per heavy atom. The van der Waals surface area contributed by atoms with Gasteiger partial charge in [-0.05, 0) is 31.5 Å². The van der Waals surface area contributed by atoms with Crippen LogP contribution in [0.5, 0.6) is 5.75 Å². The largest absolute Gasteiger partial charge is 0.494 e. The quantitative estimate of drug-likeness (QED) is 0.807. The molecule has 3 nitrogen and oxygen atoms in total. The van der Waals surface area contributed by atoms with E-state index in [1.54, 1.807) is 14.0 Å². The summed E-state index contributed by atoms with van der Waals surface area (Å²) in [6.07, 6.45) is 0. The molecule has 15 heavy (non-hydrogen) atoms. The first-order valence-corrected chi connectivity index (χ1v) is 5.05. The minimum absolute atomic E-state index is 0.266. The summed E-state index contributed by atoms with van der Waals surface area (Å²) in [5, 5.41) is 10.1. The number of hydrogen-bond donors (Lipinski definition) is 1. The molecule has 3 heteroatoms. The molecule has 0 bridgehead atoms. The zero-order chi connectivity index (χ0) is 11.3. The van der Waals surface area contributed by atoms with Crippen molar-refractivity contribution in [3.63, 3.8) is 0 Å². The fourth-order valence-corrected chi connectivity index (χ4v) is 1.45. The zero-order valence-corrected chi connectivity index (χ0v) is 9.49. The molecule has 0 saturated carbocycles. The van der Waals surface area contributed by atoms with Crippen molar-refractivity contribution in [2.75, 3.05) is 20.3 Å². The van der Waals surface area contributed by atoms with Crippen LogP contribution in [0.15, 0.2) is 24.3 Å². The van der Waals surface area contributed by atoms with Crippen LogP contribution in [0, 0.1) is 0 Å². The smallest absolute Gasteiger partial charge is 0.119 e. The maximum Gasteiger partial charge on any atom is 0.119 e. The maximum atomic E-state index is 10.1. The fourth-order valence-electron chi connectivity index (χ4n) is 1.45. The summed E-state index contributed by atoms with van der Waals surface area (Å²) >= 11 is 0. The highest BCUT2D eigenvalue weighted by Gasteiger charge is 2.23. The average Bonchev–Trinajstić information content (AvgIpc) is 2.19. The predicted molar refractivity (Wildman–Crippen MR) is 59.1 cm³/mol. The van der Waals surface area contributed by atoms with Gasteiger partial charge >= 0.3 is 0 Å². The molecule has 1 aromatic carbocycles. The highest BCUT2D eigenvalue weighted by molar-refractivity contribution is 5.32. The molecule has 1 rings (SSSR count). The average molecular weight is 210 g/mol. The van der Waals surface area contributed by atoms with E-state index in [0.717, 1.165) is 11.3 Å². The molecular formula is C12H18O3. The molecule has 0 aliphatic rings. The molecule has 0 aliphatic heterocycles. The van der Waals surface area contributed by atoms with Gasteiger partial charge in [-0.3, -0.25) is 0 Å². The minimum Gasteiger partial charge on any atom is -0.494 e. The molecule has 1 atom stereocenters. The van der Waals surface area contributed by atoms with Crippen molar-refractivity contribution in [1.82, 2.24) is 0 Å². The Morgan fingerprint density at radius 2 is 2.13 bits per heavy atom. The van der Waals surface area contributed by atoms with Crippen LogP contribution in [-0.2, 0) is 10.3 Å². The number of benzene rings is 1. The van der Waals surface area contributed by atoms with Crippen LogP contribution >= 0.6 is 0 Å². The molecule has 1 unspecified atom stereocenters. The van der Waals surface area contributed by atoms with Crippen molar-refractivity contribution in [2.45, 2.75) is 19.4 Å². The van der Waals surface area contributed by atoms with Gasteiger partial charge in [0.05, 0.1) is 13.2 Å². The summed E-state index contributed by atoms with van der Waals surface area (Å²) in [6, 6.07) is 7.43. The topological polar surface area (TPSA) is 38.7 Å². The molecule has 0 fully saturated rings. The number of aliphatic hydroxyl groups is 1. The third kappa shape index (κ3) is 3.22. The first kappa shape index (κ1) is 12.0. The fraction of sp³-hybridized carbons (Fsp3) is 0.500. The van der Waals surface area contributed by atoms with Gasteiger partial charge in [-0.1, -0.05) is 12.1 Å². The molecule has 0 aliphatic carbocycles. The Hall–Kier alpha value is -1.06. The lowest BCUT2D eigenvalue weighted by atomic mass is 9.97. The van der Waals surface area contributed by atoms with Gasteiger partial charge < -0.3 is 14.6 Å². The van der Waals surface area contributed by atoms with E-state index in [0.29, 0.717) is 6.61 Å². The second kappa shape index (κ2) is 5.14. The molecule has 0 spiro atoms. The molecule has 1 N–H and O–H groups in total. The molecule has 1 aromatic rings. The van der Waals surface area contributed by atoms with E-state index in [1.165, 1.54) is 0 Å². The first-order chi connectivity index (χ1) is 7.10. The van der Waals surface area contributed by atoms with Gasteiger partial charge in [0.2, 0.25) is 0 Å². The van der Waals surface area contributed by atoms with E-state index in [-0.39, 0.29) is 6.61 Å². The Balaban J connectivity index is 2.88. The monoisotopic (exact) mass is 210 g/mol. The lowest BCUT2D eigenvalue weighted by Crippen LogP contribution is -2.27. The van der Waals surface area contributed by atoms with Gasteiger partial charge in [-0.15, -0.1) is 0 Å². The maximum absolute atomic E-state index is 10.1. The Morgan fingerprint density at radius 3 is 2.73 bits per heavy atom. The van der Waals surface area contributed by atoms with Crippen molar-refractivity contribution >= 4 is 0 Å². The number of methoxy groups -OCH3 is 1. The summed E-state index contributed by atoms with van der Waals surface area (Å²) in [5.41, 5.74) is -0.169. The third-order valence-electron chi connectivity index (χ3n) is 2.19.